The fourth-order valence-electron chi connectivity index (χ4n) is 3.24. The Labute approximate surface area is 139 Å². The van der Waals surface area contributed by atoms with Gasteiger partial charge in [0.05, 0.1) is 0 Å². The van der Waals surface area contributed by atoms with E-state index in [1.807, 2.05) is 24.3 Å². The molecule has 0 bridgehead atoms. The van der Waals surface area contributed by atoms with E-state index in [9.17, 15) is 0 Å². The predicted octanol–water partition coefficient (Wildman–Crippen LogP) is 4.32. The molecule has 3 aromatic rings. The number of aromatic nitrogens is 3. The van der Waals surface area contributed by atoms with Gasteiger partial charge in [-0.1, -0.05) is 28.9 Å². The third-order valence-corrected chi connectivity index (χ3v) is 4.66. The topological polar surface area (TPSA) is 55.1 Å². The molecule has 1 aromatic carbocycles. The van der Waals surface area contributed by atoms with Gasteiger partial charge in [-0.2, -0.15) is 4.98 Å². The maximum absolute atomic E-state index is 6.12. The highest BCUT2D eigenvalue weighted by Crippen LogP contribution is 2.35. The summed E-state index contributed by atoms with van der Waals surface area (Å²) in [6, 6.07) is 8.06. The van der Waals surface area contributed by atoms with Crippen molar-refractivity contribution in [3.05, 3.63) is 35.6 Å². The first-order valence-electron chi connectivity index (χ1n) is 7.87. The van der Waals surface area contributed by atoms with Crippen LogP contribution >= 0.6 is 11.6 Å². The molecule has 3 heterocycles. The molecule has 1 aliphatic rings. The first-order chi connectivity index (χ1) is 11.2. The van der Waals surface area contributed by atoms with Crippen LogP contribution in [0, 0.1) is 0 Å². The summed E-state index contributed by atoms with van der Waals surface area (Å²) in [5.74, 6) is 0.901. The van der Waals surface area contributed by atoms with Gasteiger partial charge < -0.3 is 9.42 Å². The van der Waals surface area contributed by atoms with E-state index in [1.165, 1.54) is 19.3 Å². The van der Waals surface area contributed by atoms with Gasteiger partial charge in [0.15, 0.2) is 0 Å². The van der Waals surface area contributed by atoms with E-state index in [4.69, 9.17) is 16.1 Å². The summed E-state index contributed by atoms with van der Waals surface area (Å²) in [6.45, 7) is 3.23. The predicted molar refractivity (Wildman–Crippen MR) is 90.7 cm³/mol. The maximum atomic E-state index is 6.12. The SMILES string of the molecule is CC1CCCCN1c1ncnc2onc(-c3cccc(Cl)c3)c12. The average molecular weight is 329 g/mol. The molecule has 118 valence electrons. The molecule has 2 aromatic heterocycles. The van der Waals surface area contributed by atoms with Crippen molar-refractivity contribution in [3.8, 4) is 11.3 Å². The van der Waals surface area contributed by atoms with Crippen LogP contribution in [0.5, 0.6) is 0 Å². The highest BCUT2D eigenvalue weighted by Gasteiger charge is 2.25. The summed E-state index contributed by atoms with van der Waals surface area (Å²) >= 11 is 6.12. The summed E-state index contributed by atoms with van der Waals surface area (Å²) in [6.07, 6.45) is 5.15. The second-order valence-electron chi connectivity index (χ2n) is 5.96. The number of hydrogen-bond donors (Lipinski definition) is 0. The minimum Gasteiger partial charge on any atom is -0.353 e. The zero-order valence-corrected chi connectivity index (χ0v) is 13.6. The third-order valence-electron chi connectivity index (χ3n) is 4.43. The summed E-state index contributed by atoms with van der Waals surface area (Å²) in [7, 11) is 0. The molecule has 0 N–H and O–H groups in total. The van der Waals surface area contributed by atoms with Crippen LogP contribution < -0.4 is 4.90 Å². The molecular weight excluding hydrogens is 312 g/mol. The lowest BCUT2D eigenvalue weighted by Gasteiger charge is -2.34. The van der Waals surface area contributed by atoms with Crippen LogP contribution in [0.3, 0.4) is 0 Å². The molecule has 4 rings (SSSR count). The summed E-state index contributed by atoms with van der Waals surface area (Å²) in [5.41, 5.74) is 2.18. The van der Waals surface area contributed by atoms with Gasteiger partial charge in [0, 0.05) is 23.2 Å². The van der Waals surface area contributed by atoms with Crippen LogP contribution in [0.1, 0.15) is 26.2 Å². The number of benzene rings is 1. The monoisotopic (exact) mass is 328 g/mol. The highest BCUT2D eigenvalue weighted by molar-refractivity contribution is 6.30. The van der Waals surface area contributed by atoms with Crippen LogP contribution in [0.15, 0.2) is 35.1 Å². The van der Waals surface area contributed by atoms with Crippen molar-refractivity contribution in [1.29, 1.82) is 0 Å². The van der Waals surface area contributed by atoms with Crippen molar-refractivity contribution in [2.45, 2.75) is 32.2 Å². The molecule has 1 atom stereocenters. The van der Waals surface area contributed by atoms with Crippen molar-refractivity contribution in [2.24, 2.45) is 0 Å². The molecule has 6 heteroatoms. The van der Waals surface area contributed by atoms with Gasteiger partial charge in [0.1, 0.15) is 23.2 Å². The molecule has 1 unspecified atom stereocenters. The molecule has 23 heavy (non-hydrogen) atoms. The van der Waals surface area contributed by atoms with Crippen LogP contribution in [-0.2, 0) is 0 Å². The summed E-state index contributed by atoms with van der Waals surface area (Å²) in [5, 5.41) is 5.76. The van der Waals surface area contributed by atoms with Gasteiger partial charge in [-0.3, -0.25) is 0 Å². The minimum absolute atomic E-state index is 0.448. The van der Waals surface area contributed by atoms with E-state index in [0.29, 0.717) is 16.8 Å². The van der Waals surface area contributed by atoms with Crippen molar-refractivity contribution < 1.29 is 4.52 Å². The summed E-state index contributed by atoms with van der Waals surface area (Å²) in [4.78, 5) is 11.1. The van der Waals surface area contributed by atoms with Crippen LogP contribution in [0.2, 0.25) is 5.02 Å². The second kappa shape index (κ2) is 5.81. The van der Waals surface area contributed by atoms with E-state index in [2.05, 4.69) is 26.9 Å². The molecule has 0 aliphatic carbocycles. The molecule has 1 fully saturated rings. The number of nitrogens with zero attached hydrogens (tertiary/aromatic N) is 4. The molecule has 0 saturated carbocycles. The lowest BCUT2D eigenvalue weighted by molar-refractivity contribution is 0.451. The van der Waals surface area contributed by atoms with Crippen molar-refractivity contribution >= 4 is 28.5 Å². The number of fused-ring (bicyclic) bond motifs is 1. The number of halogens is 1. The molecule has 1 aliphatic heterocycles. The number of anilines is 1. The van der Waals surface area contributed by atoms with Crippen molar-refractivity contribution in [3.63, 3.8) is 0 Å². The van der Waals surface area contributed by atoms with Crippen LogP contribution in [0.25, 0.3) is 22.4 Å². The molecule has 0 amide bonds. The first-order valence-corrected chi connectivity index (χ1v) is 8.25. The Morgan fingerprint density at radius 2 is 2.17 bits per heavy atom. The quantitative estimate of drug-likeness (QED) is 0.701. The Kier molecular flexibility index (Phi) is 3.65. The van der Waals surface area contributed by atoms with Crippen LogP contribution in [0.4, 0.5) is 5.82 Å². The zero-order chi connectivity index (χ0) is 15.8. The average Bonchev–Trinajstić information content (AvgIpc) is 2.99. The van der Waals surface area contributed by atoms with Gasteiger partial charge >= 0.3 is 0 Å². The zero-order valence-electron chi connectivity index (χ0n) is 12.9. The van der Waals surface area contributed by atoms with Gasteiger partial charge in [-0.25, -0.2) is 4.98 Å². The van der Waals surface area contributed by atoms with Gasteiger partial charge in [0.25, 0.3) is 5.71 Å². The van der Waals surface area contributed by atoms with Crippen LogP contribution in [-0.4, -0.2) is 27.7 Å². The Bertz CT molecular complexity index is 847. The maximum Gasteiger partial charge on any atom is 0.263 e. The second-order valence-corrected chi connectivity index (χ2v) is 6.39. The van der Waals surface area contributed by atoms with E-state index in [-0.39, 0.29) is 0 Å². The third kappa shape index (κ3) is 2.55. The standard InChI is InChI=1S/C17H17ClN4O/c1-11-5-2-3-8-22(11)16-14-15(12-6-4-7-13(18)9-12)21-23-17(14)20-10-19-16/h4,6-7,9-11H,2-3,5,8H2,1H3. The molecular formula is C17H17ClN4O. The van der Waals surface area contributed by atoms with E-state index >= 15 is 0 Å². The van der Waals surface area contributed by atoms with Gasteiger partial charge in [0.2, 0.25) is 0 Å². The Morgan fingerprint density at radius 1 is 1.26 bits per heavy atom. The smallest absolute Gasteiger partial charge is 0.263 e. The Morgan fingerprint density at radius 3 is 3.00 bits per heavy atom. The molecule has 0 radical (unpaired) electrons. The van der Waals surface area contributed by atoms with E-state index in [0.717, 1.165) is 29.0 Å². The van der Waals surface area contributed by atoms with Crippen molar-refractivity contribution in [1.82, 2.24) is 15.1 Å². The molecule has 0 spiro atoms. The first kappa shape index (κ1) is 14.5. The van der Waals surface area contributed by atoms with Gasteiger partial charge in [-0.15, -0.1) is 0 Å². The lowest BCUT2D eigenvalue weighted by Crippen LogP contribution is -2.38. The fraction of sp³-hybridized carbons (Fsp3) is 0.353. The lowest BCUT2D eigenvalue weighted by atomic mass is 10.0. The minimum atomic E-state index is 0.448. The normalized spacial score (nSPS) is 18.5. The van der Waals surface area contributed by atoms with Gasteiger partial charge in [-0.05, 0) is 38.3 Å². The Balaban J connectivity index is 1.90. The largest absolute Gasteiger partial charge is 0.353 e. The summed E-state index contributed by atoms with van der Waals surface area (Å²) < 4.78 is 5.44. The highest BCUT2D eigenvalue weighted by atomic mass is 35.5. The molecule has 1 saturated heterocycles. The van der Waals surface area contributed by atoms with E-state index in [1.54, 1.807) is 6.33 Å². The van der Waals surface area contributed by atoms with Crippen molar-refractivity contribution in [2.75, 3.05) is 11.4 Å². The number of hydrogen-bond acceptors (Lipinski definition) is 5. The fourth-order valence-corrected chi connectivity index (χ4v) is 3.43. The van der Waals surface area contributed by atoms with E-state index < -0.39 is 0 Å². The molecule has 5 nitrogen and oxygen atoms in total. The Hall–Kier alpha value is -2.14. The number of rotatable bonds is 2. The number of piperidine rings is 1.